The van der Waals surface area contributed by atoms with Gasteiger partial charge >= 0.3 is 17.1 Å². The van der Waals surface area contributed by atoms with E-state index in [0.717, 1.165) is 17.1 Å². The quantitative estimate of drug-likeness (QED) is 0.207. The average molecular weight is 300 g/mol. The summed E-state index contributed by atoms with van der Waals surface area (Å²) in [5, 5.41) is 4.64. The van der Waals surface area contributed by atoms with Crippen molar-refractivity contribution in [2.45, 2.75) is 13.8 Å². The zero-order valence-corrected chi connectivity index (χ0v) is 12.1. The Kier molecular flexibility index (Phi) is 7.15. The van der Waals surface area contributed by atoms with Gasteiger partial charge in [0, 0.05) is 11.4 Å². The van der Waals surface area contributed by atoms with Gasteiger partial charge in [-0.05, 0) is 40.1 Å². The number of aryl methyl sites for hydroxylation is 1. The van der Waals surface area contributed by atoms with Crippen LogP contribution in [0, 0.1) is 6.92 Å². The molecule has 0 unspecified atom stereocenters. The fourth-order valence-corrected chi connectivity index (χ4v) is 1.05. The fourth-order valence-electron chi connectivity index (χ4n) is 1.00. The Morgan fingerprint density at radius 3 is 2.59 bits per heavy atom. The van der Waals surface area contributed by atoms with E-state index in [1.807, 2.05) is 46.1 Å². The van der Waals surface area contributed by atoms with E-state index in [2.05, 4.69) is 27.7 Å². The van der Waals surface area contributed by atoms with Crippen molar-refractivity contribution in [2.24, 2.45) is 5.10 Å². The van der Waals surface area contributed by atoms with Gasteiger partial charge in [-0.25, -0.2) is 0 Å². The Morgan fingerprint density at radius 2 is 2.06 bits per heavy atom. The summed E-state index contributed by atoms with van der Waals surface area (Å²) in [7, 11) is 3.73. The van der Waals surface area contributed by atoms with Crippen LogP contribution in [0.1, 0.15) is 18.3 Å². The van der Waals surface area contributed by atoms with Gasteiger partial charge < -0.3 is 10.5 Å². The number of thiol groups is 1. The van der Waals surface area contributed by atoms with Crippen LogP contribution in [-0.2, 0) is 29.3 Å². The zero-order chi connectivity index (χ0) is 12.1. The molecule has 0 spiro atoms. The second-order valence-corrected chi connectivity index (χ2v) is 4.04. The van der Waals surface area contributed by atoms with E-state index < -0.39 is 0 Å². The molecule has 1 aromatic heterocycles. The molecule has 0 aliphatic heterocycles. The molecular formula is C11H16CuN4S+2. The molecular weight excluding hydrogens is 284 g/mol. The Hall–Kier alpha value is -0.811. The molecule has 0 aliphatic carbocycles. The summed E-state index contributed by atoms with van der Waals surface area (Å²) in [5.74, 6) is 0. The van der Waals surface area contributed by atoms with Crippen molar-refractivity contribution in [3.63, 3.8) is 0 Å². The summed E-state index contributed by atoms with van der Waals surface area (Å²) >= 11 is 4.18. The second kappa shape index (κ2) is 7.50. The first-order chi connectivity index (χ1) is 7.50. The molecule has 0 N–H and O–H groups in total. The van der Waals surface area contributed by atoms with Crippen molar-refractivity contribution >= 4 is 23.0 Å². The smallest absolute Gasteiger partial charge is 0.515 e. The molecule has 0 saturated heterocycles. The average Bonchev–Trinajstić information content (AvgIpc) is 2.25. The summed E-state index contributed by atoms with van der Waals surface area (Å²) in [6.07, 6.45) is 0. The van der Waals surface area contributed by atoms with Crippen LogP contribution in [0.3, 0.4) is 0 Å². The van der Waals surface area contributed by atoms with E-state index >= 15 is 0 Å². The second-order valence-electron chi connectivity index (χ2n) is 3.64. The van der Waals surface area contributed by atoms with E-state index in [1.165, 1.54) is 0 Å². The molecule has 0 amide bonds. The van der Waals surface area contributed by atoms with Gasteiger partial charge in [-0.2, -0.15) is 0 Å². The molecule has 0 aromatic carbocycles. The third-order valence-electron chi connectivity index (χ3n) is 1.95. The van der Waals surface area contributed by atoms with Gasteiger partial charge in [0.05, 0.1) is 5.69 Å². The van der Waals surface area contributed by atoms with Gasteiger partial charge in [0.1, 0.15) is 0 Å². The molecule has 95 valence electrons. The van der Waals surface area contributed by atoms with Gasteiger partial charge in [0.2, 0.25) is 0 Å². The maximum atomic E-state index is 4.36. The van der Waals surface area contributed by atoms with Crippen molar-refractivity contribution in [1.29, 1.82) is 0 Å². The molecule has 0 saturated carbocycles. The summed E-state index contributed by atoms with van der Waals surface area (Å²) in [5.41, 5.74) is 6.56. The van der Waals surface area contributed by atoms with Gasteiger partial charge in [-0.15, -0.1) is 0 Å². The maximum Gasteiger partial charge on any atom is 2.00 e. The number of hydrogen-bond acceptors (Lipinski definition) is 2. The first-order valence-corrected chi connectivity index (χ1v) is 5.38. The van der Waals surface area contributed by atoms with Crippen LogP contribution in [0.2, 0.25) is 0 Å². The minimum Gasteiger partial charge on any atom is -0.515 e. The maximum absolute atomic E-state index is 4.36. The largest absolute Gasteiger partial charge is 2.00 e. The molecule has 4 nitrogen and oxygen atoms in total. The summed E-state index contributed by atoms with van der Waals surface area (Å²) in [6.45, 7) is 3.83. The molecule has 0 bridgehead atoms. The Labute approximate surface area is 118 Å². The number of pyridine rings is 1. The van der Waals surface area contributed by atoms with Gasteiger partial charge in [-0.3, -0.25) is 9.88 Å². The van der Waals surface area contributed by atoms with Crippen molar-refractivity contribution < 1.29 is 17.1 Å². The molecule has 0 fully saturated rings. The molecule has 17 heavy (non-hydrogen) atoms. The van der Waals surface area contributed by atoms with Crippen LogP contribution in [0.15, 0.2) is 23.3 Å². The summed E-state index contributed by atoms with van der Waals surface area (Å²) in [6, 6.07) is 5.81. The van der Waals surface area contributed by atoms with Gasteiger partial charge in [0.25, 0.3) is 0 Å². The molecule has 0 aliphatic rings. The third-order valence-corrected chi connectivity index (χ3v) is 2.44. The number of rotatable bonds is 2. The Morgan fingerprint density at radius 1 is 1.41 bits per heavy atom. The first kappa shape index (κ1) is 16.2. The molecule has 6 heteroatoms. The normalized spacial score (nSPS) is 11.0. The fraction of sp³-hybridized carbons (Fsp3) is 0.364. The predicted octanol–water partition coefficient (Wildman–Crippen LogP) is 1.41. The van der Waals surface area contributed by atoms with E-state index in [4.69, 9.17) is 0 Å². The van der Waals surface area contributed by atoms with Crippen LogP contribution >= 0.6 is 0 Å². The van der Waals surface area contributed by atoms with E-state index in [-0.39, 0.29) is 17.1 Å². The zero-order valence-electron chi connectivity index (χ0n) is 10.3. The van der Waals surface area contributed by atoms with Crippen LogP contribution in [0.4, 0.5) is 0 Å². The first-order valence-electron chi connectivity index (χ1n) is 4.93. The van der Waals surface area contributed by atoms with Crippen LogP contribution in [0.5, 0.6) is 0 Å². The third kappa shape index (κ3) is 5.37. The monoisotopic (exact) mass is 299 g/mol. The molecule has 0 atom stereocenters. The summed E-state index contributed by atoms with van der Waals surface area (Å²) < 4.78 is 0. The number of aromatic nitrogens is 1. The van der Waals surface area contributed by atoms with Gasteiger partial charge in [0.15, 0.2) is 17.3 Å². The van der Waals surface area contributed by atoms with Gasteiger partial charge in [-0.1, -0.05) is 6.07 Å². The minimum absolute atomic E-state index is 0. The standard InChI is InChI=1S/C11H16N4S.Cu/c1-8-6-5-7-10(12-8)9(2)13-14-11(16)15(3)4;/h5-7H,1-4H3,(H,12,14,16);/q;+2. The number of nitrogens with zero attached hydrogens (tertiary/aromatic N) is 4. The minimum atomic E-state index is 0. The SMILES string of the molecule is CC(=N[N-]C(=[SH+])N(C)C)c1cccc(C)n1.[Cu+2]. The van der Waals surface area contributed by atoms with Crippen molar-refractivity contribution in [3.05, 3.63) is 35.0 Å². The molecule has 1 radical (unpaired) electrons. The Balaban J connectivity index is 0.00000256. The van der Waals surface area contributed by atoms with Crippen LogP contribution < -0.4 is 0 Å². The van der Waals surface area contributed by atoms with E-state index in [9.17, 15) is 0 Å². The van der Waals surface area contributed by atoms with Crippen LogP contribution in [0.25, 0.3) is 5.43 Å². The molecule has 1 heterocycles. The van der Waals surface area contributed by atoms with E-state index in [0.29, 0.717) is 5.11 Å². The predicted molar refractivity (Wildman–Crippen MR) is 72.0 cm³/mol. The van der Waals surface area contributed by atoms with Crippen molar-refractivity contribution in [1.82, 2.24) is 9.88 Å². The number of hydrogen-bond donors (Lipinski definition) is 0. The van der Waals surface area contributed by atoms with Crippen LogP contribution in [-0.4, -0.2) is 34.8 Å². The van der Waals surface area contributed by atoms with Crippen molar-refractivity contribution in [3.8, 4) is 0 Å². The molecule has 1 aromatic rings. The van der Waals surface area contributed by atoms with E-state index in [1.54, 1.807) is 4.90 Å². The summed E-state index contributed by atoms with van der Waals surface area (Å²) in [4.78, 5) is 6.14. The Bertz CT molecular complexity index is 418. The van der Waals surface area contributed by atoms with Crippen molar-refractivity contribution in [2.75, 3.05) is 14.1 Å². The topological polar surface area (TPSA) is 42.6 Å². The molecule has 1 rings (SSSR count).